The molecule has 0 radical (unpaired) electrons. The van der Waals surface area contributed by atoms with Crippen LogP contribution in [0.2, 0.25) is 0 Å². The van der Waals surface area contributed by atoms with Gasteiger partial charge in [0.1, 0.15) is 0 Å². The van der Waals surface area contributed by atoms with E-state index < -0.39 is 0 Å². The smallest absolute Gasteiger partial charge is 0.160 e. The molecule has 7 heterocycles. The Balaban J connectivity index is 0.725. The second-order valence-electron chi connectivity index (χ2n) is 36.8. The van der Waals surface area contributed by atoms with E-state index in [1.807, 2.05) is 12.4 Å². The number of hydrogen-bond acceptors (Lipinski definition) is 4. The first kappa shape index (κ1) is 70.7. The topological polar surface area (TPSA) is 71.3 Å². The molecule has 0 N–H and O–H groups in total. The summed E-state index contributed by atoms with van der Waals surface area (Å²) in [5, 5.41) is 9.55. The van der Waals surface area contributed by atoms with Crippen molar-refractivity contribution >= 4 is 87.2 Å². The number of hydrogen-bond donors (Lipinski definition) is 0. The zero-order valence-electron chi connectivity index (χ0n) is 70.1. The zero-order valence-corrected chi connectivity index (χ0v) is 70.1. The summed E-state index contributed by atoms with van der Waals surface area (Å²) in [6, 6.07) is 123. The lowest BCUT2D eigenvalue weighted by atomic mass is 9.82. The molecule has 0 saturated carbocycles. The van der Waals surface area contributed by atoms with Crippen LogP contribution in [0.4, 0.5) is 0 Å². The van der Waals surface area contributed by atoms with Crippen molar-refractivity contribution in [2.24, 2.45) is 0 Å². The lowest BCUT2D eigenvalue weighted by Gasteiger charge is -2.23. The summed E-state index contributed by atoms with van der Waals surface area (Å²) in [6.07, 6.45) is 8.12. The van der Waals surface area contributed by atoms with Crippen LogP contribution >= 0.6 is 0 Å². The highest BCUT2D eigenvalue weighted by Crippen LogP contribution is 2.58. The van der Waals surface area contributed by atoms with Crippen LogP contribution < -0.4 is 0 Å². The molecule has 0 amide bonds. The second-order valence-corrected chi connectivity index (χ2v) is 36.8. The molecule has 0 atom stereocenters. The number of benzene rings is 15. The molecule has 7 aromatic heterocycles. The van der Waals surface area contributed by atoms with Crippen molar-refractivity contribution in [2.45, 2.75) is 77.0 Å². The summed E-state index contributed by atoms with van der Waals surface area (Å²) in [6.45, 7) is 19.1. The van der Waals surface area contributed by atoms with Crippen molar-refractivity contribution in [3.63, 3.8) is 0 Å². The molecule has 15 aromatic carbocycles. The van der Waals surface area contributed by atoms with Gasteiger partial charge in [-0.25, -0.2) is 9.97 Å². The van der Waals surface area contributed by atoms with Crippen LogP contribution in [-0.4, -0.2) is 38.2 Å². The highest BCUT2D eigenvalue weighted by Gasteiger charge is 2.42. The second kappa shape index (κ2) is 25.3. The molecule has 0 fully saturated rings. The maximum Gasteiger partial charge on any atom is 0.160 e. The molecule has 586 valence electrons. The average Bonchev–Trinajstić information content (AvgIpc) is 1.56. The number of pyridine rings is 2. The van der Waals surface area contributed by atoms with E-state index in [-0.39, 0.29) is 21.7 Å². The molecule has 0 bridgehead atoms. The standard InChI is InChI=1S/C116H82N8/c1-113(2)90-38-20-12-30-70(90)80-56-84-74-34-16-24-42-100(74)121(108(84)60-94(80)113)104-50-52-117-65-88(104)78-48-46-68(54-106(78)123-102-44-26-18-36-76(102)86-58-82-72-32-14-22-40-92(72)115(5,6)96(82)62-110(86)123)98-64-99(120-112(119-98)67-28-10-9-11-29-67)69-47-49-79(107(55-69)124-103-45-27-19-37-77(103)87-59-83-73-33-15-23-41-93(73)116(7,8)97(83)63-111(87)124)89-66-118-53-51-105(89)122-101-43-25-17-35-75(101)85-57-81-71-31-13-21-39-91(71)114(3,4)95(81)61-109(85)122/h9-66H,1-8H3. The molecule has 0 spiro atoms. The van der Waals surface area contributed by atoms with Gasteiger partial charge < -0.3 is 18.3 Å². The monoisotopic (exact) mass is 1590 g/mol. The molecule has 26 rings (SSSR count). The fourth-order valence-electron chi connectivity index (χ4n) is 22.9. The third-order valence-corrected chi connectivity index (χ3v) is 29.0. The Labute approximate surface area is 718 Å². The van der Waals surface area contributed by atoms with E-state index in [1.165, 1.54) is 132 Å². The van der Waals surface area contributed by atoms with Gasteiger partial charge in [-0.15, -0.1) is 0 Å². The van der Waals surface area contributed by atoms with Crippen molar-refractivity contribution in [2.75, 3.05) is 0 Å². The Morgan fingerprint density at radius 1 is 0.194 bits per heavy atom. The van der Waals surface area contributed by atoms with E-state index in [9.17, 15) is 0 Å². The van der Waals surface area contributed by atoms with Gasteiger partial charge in [-0.2, -0.15) is 0 Å². The van der Waals surface area contributed by atoms with Crippen molar-refractivity contribution in [3.05, 3.63) is 397 Å². The number of aromatic nitrogens is 8. The lowest BCUT2D eigenvalue weighted by Crippen LogP contribution is -2.15. The Kier molecular flexibility index (Phi) is 14.4. The third kappa shape index (κ3) is 9.62. The highest BCUT2D eigenvalue weighted by atomic mass is 15.0. The van der Waals surface area contributed by atoms with E-state index in [0.29, 0.717) is 5.82 Å². The summed E-state index contributed by atoms with van der Waals surface area (Å²) < 4.78 is 10.1. The Hall–Kier alpha value is -15.1. The molecule has 8 heteroatoms. The number of fused-ring (bicyclic) bond motifs is 24. The van der Waals surface area contributed by atoms with Crippen LogP contribution in [0.1, 0.15) is 99.9 Å². The van der Waals surface area contributed by atoms with E-state index >= 15 is 0 Å². The van der Waals surface area contributed by atoms with Gasteiger partial charge in [-0.1, -0.05) is 280 Å². The normalized spacial score (nSPS) is 14.5. The van der Waals surface area contributed by atoms with Crippen LogP contribution in [0.5, 0.6) is 0 Å². The SMILES string of the molecule is CC1(C)c2ccccc2-c2cc3c4ccccc4n(-c4ccncc4-c4ccc(-c5cc(-c6ccc(-c7cnccc7-n7c8ccccc8c8cc9c(cc87)C(C)(C)c7ccccc7-9)c(-n7c8ccccc8c8cc9c(cc87)C(C)(C)c7ccccc7-9)c6)nc(-c6ccccc6)n5)cc4-n4c5ccccc5c5cc6c(cc54)C(C)(C)c4ccccc4-6)c3cc21. The molecular weight excluding hydrogens is 1510 g/mol. The average molecular weight is 1590 g/mol. The summed E-state index contributed by atoms with van der Waals surface area (Å²) in [7, 11) is 0. The van der Waals surface area contributed by atoms with Gasteiger partial charge in [0.25, 0.3) is 0 Å². The maximum atomic E-state index is 5.78. The lowest BCUT2D eigenvalue weighted by molar-refractivity contribution is 0.661. The van der Waals surface area contributed by atoms with E-state index in [2.05, 4.69) is 414 Å². The molecule has 22 aromatic rings. The molecule has 4 aliphatic carbocycles. The summed E-state index contributed by atoms with van der Waals surface area (Å²) in [5.41, 5.74) is 41.4. The van der Waals surface area contributed by atoms with Crippen molar-refractivity contribution < 1.29 is 0 Å². The molecule has 0 unspecified atom stereocenters. The first-order chi connectivity index (χ1) is 60.5. The van der Waals surface area contributed by atoms with Crippen LogP contribution in [0.3, 0.4) is 0 Å². The molecule has 0 saturated heterocycles. The quantitative estimate of drug-likeness (QED) is 0.144. The molecule has 4 aliphatic rings. The highest BCUT2D eigenvalue weighted by molar-refractivity contribution is 6.17. The third-order valence-electron chi connectivity index (χ3n) is 29.0. The van der Waals surface area contributed by atoms with Gasteiger partial charge in [-0.05, 0) is 192 Å². The van der Waals surface area contributed by atoms with Crippen molar-refractivity contribution in [3.8, 4) is 123 Å². The largest absolute Gasteiger partial charge is 0.309 e. The van der Waals surface area contributed by atoms with E-state index in [4.69, 9.17) is 19.9 Å². The van der Waals surface area contributed by atoms with Crippen LogP contribution in [-0.2, 0) is 21.7 Å². The predicted octanol–water partition coefficient (Wildman–Crippen LogP) is 29.2. The Morgan fingerprint density at radius 3 is 0.815 bits per heavy atom. The number of para-hydroxylation sites is 4. The van der Waals surface area contributed by atoms with Gasteiger partial charge in [0.05, 0.1) is 78.3 Å². The maximum absolute atomic E-state index is 5.78. The van der Waals surface area contributed by atoms with Crippen molar-refractivity contribution in [1.82, 2.24) is 38.2 Å². The summed E-state index contributed by atoms with van der Waals surface area (Å²) in [4.78, 5) is 21.8. The minimum Gasteiger partial charge on any atom is -0.309 e. The zero-order chi connectivity index (χ0) is 82.7. The first-order valence-corrected chi connectivity index (χ1v) is 43.4. The minimum atomic E-state index is -0.276. The van der Waals surface area contributed by atoms with Gasteiger partial charge in [0.2, 0.25) is 0 Å². The predicted molar refractivity (Wildman–Crippen MR) is 512 cm³/mol. The minimum absolute atomic E-state index is 0.226. The Bertz CT molecular complexity index is 8030. The Morgan fingerprint density at radius 2 is 0.484 bits per heavy atom. The summed E-state index contributed by atoms with van der Waals surface area (Å²) >= 11 is 0. The van der Waals surface area contributed by atoms with Gasteiger partial charge in [0, 0.05) is 128 Å². The van der Waals surface area contributed by atoms with Gasteiger partial charge in [0.15, 0.2) is 5.82 Å². The van der Waals surface area contributed by atoms with Crippen LogP contribution in [0.25, 0.3) is 211 Å². The van der Waals surface area contributed by atoms with E-state index in [1.54, 1.807) is 0 Å². The van der Waals surface area contributed by atoms with Gasteiger partial charge >= 0.3 is 0 Å². The fourth-order valence-corrected chi connectivity index (χ4v) is 22.9. The van der Waals surface area contributed by atoms with Crippen LogP contribution in [0, 0.1) is 0 Å². The van der Waals surface area contributed by atoms with Gasteiger partial charge in [-0.3, -0.25) is 9.97 Å². The molecule has 124 heavy (non-hydrogen) atoms. The number of rotatable bonds is 9. The first-order valence-electron chi connectivity index (χ1n) is 43.4. The fraction of sp³-hybridized carbons (Fsp3) is 0.103. The van der Waals surface area contributed by atoms with E-state index in [0.717, 1.165) is 117 Å². The van der Waals surface area contributed by atoms with Crippen LogP contribution in [0.15, 0.2) is 352 Å². The molecule has 0 aliphatic heterocycles. The number of nitrogens with zero attached hydrogens (tertiary/aromatic N) is 8. The molecular formula is C116H82N8. The van der Waals surface area contributed by atoms with Crippen molar-refractivity contribution in [1.29, 1.82) is 0 Å². The molecule has 8 nitrogen and oxygen atoms in total. The summed E-state index contributed by atoms with van der Waals surface area (Å²) in [5.74, 6) is 0.616.